The summed E-state index contributed by atoms with van der Waals surface area (Å²) in [7, 11) is 0. The molecule has 7 nitrogen and oxygen atoms in total. The molecule has 0 spiro atoms. The van der Waals surface area contributed by atoms with Crippen molar-refractivity contribution in [3.05, 3.63) is 46.9 Å². The number of hydrogen-bond donors (Lipinski definition) is 2. The monoisotopic (exact) mass is 431 g/mol. The molecular formula is C19H25F4N5O2. The normalized spacial score (nSPS) is 11.5. The second-order valence-corrected chi connectivity index (χ2v) is 7.44. The molecule has 2 aromatic rings. The van der Waals surface area contributed by atoms with Crippen molar-refractivity contribution in [2.24, 2.45) is 5.73 Å². The van der Waals surface area contributed by atoms with Crippen LogP contribution in [0.5, 0.6) is 5.88 Å². The number of nitrogens with two attached hydrogens (primary N) is 1. The second kappa shape index (κ2) is 10.3. The van der Waals surface area contributed by atoms with Crippen LogP contribution in [0.3, 0.4) is 0 Å². The van der Waals surface area contributed by atoms with Gasteiger partial charge in [0.1, 0.15) is 12.0 Å². The van der Waals surface area contributed by atoms with Gasteiger partial charge in [-0.1, -0.05) is 0 Å². The third-order valence-corrected chi connectivity index (χ3v) is 3.48. The van der Waals surface area contributed by atoms with Crippen molar-refractivity contribution < 1.29 is 27.1 Å². The molecule has 30 heavy (non-hydrogen) atoms. The van der Waals surface area contributed by atoms with Gasteiger partial charge in [0.2, 0.25) is 0 Å². The molecule has 0 aliphatic heterocycles. The molecule has 0 unspecified atom stereocenters. The number of amides is 1. The van der Waals surface area contributed by atoms with Crippen LogP contribution in [0.2, 0.25) is 0 Å². The lowest BCUT2D eigenvalue weighted by atomic mass is 10.1. The molecule has 0 bridgehead atoms. The van der Waals surface area contributed by atoms with E-state index >= 15 is 0 Å². The molecule has 0 saturated heterocycles. The maximum absolute atomic E-state index is 13.6. The molecule has 0 atom stereocenters. The van der Waals surface area contributed by atoms with E-state index in [1.807, 2.05) is 20.8 Å². The molecule has 2 rings (SSSR count). The van der Waals surface area contributed by atoms with Crippen LogP contribution in [0, 0.1) is 19.7 Å². The summed E-state index contributed by atoms with van der Waals surface area (Å²) in [6.07, 6.45) is -3.20. The summed E-state index contributed by atoms with van der Waals surface area (Å²) in [6, 6.07) is 2.69. The van der Waals surface area contributed by atoms with Crippen LogP contribution in [0.4, 0.5) is 17.6 Å². The molecule has 2 heterocycles. The zero-order valence-corrected chi connectivity index (χ0v) is 17.4. The Balaban J connectivity index is 0.000000375. The number of primary amides is 1. The molecule has 11 heteroatoms. The van der Waals surface area contributed by atoms with Crippen LogP contribution in [-0.4, -0.2) is 39.2 Å². The highest BCUT2D eigenvalue weighted by Crippen LogP contribution is 2.22. The van der Waals surface area contributed by atoms with Crippen molar-refractivity contribution in [2.75, 3.05) is 6.61 Å². The van der Waals surface area contributed by atoms with Gasteiger partial charge in [-0.3, -0.25) is 4.79 Å². The second-order valence-electron chi connectivity index (χ2n) is 7.44. The summed E-state index contributed by atoms with van der Waals surface area (Å²) in [5.74, 6) is -2.05. The molecule has 3 N–H and O–H groups in total. The van der Waals surface area contributed by atoms with Crippen molar-refractivity contribution in [2.45, 2.75) is 52.9 Å². The first-order chi connectivity index (χ1) is 13.7. The Morgan fingerprint density at radius 1 is 1.17 bits per heavy atom. The summed E-state index contributed by atoms with van der Waals surface area (Å²) in [6.45, 7) is 8.04. The molecular weight excluding hydrogens is 406 g/mol. The Kier molecular flexibility index (Phi) is 8.64. The van der Waals surface area contributed by atoms with Crippen LogP contribution in [-0.2, 0) is 6.54 Å². The average molecular weight is 431 g/mol. The van der Waals surface area contributed by atoms with E-state index in [-0.39, 0.29) is 11.2 Å². The number of halogens is 4. The third-order valence-electron chi connectivity index (χ3n) is 3.48. The van der Waals surface area contributed by atoms with Crippen LogP contribution in [0.1, 0.15) is 48.2 Å². The number of aromatic nitrogens is 3. The quantitative estimate of drug-likeness (QED) is 0.705. The Bertz CT molecular complexity index is 823. The first-order valence-electron chi connectivity index (χ1n) is 8.87. The number of carbonyl (C=O) groups excluding carboxylic acids is 1. The predicted octanol–water partition coefficient (Wildman–Crippen LogP) is 3.24. The van der Waals surface area contributed by atoms with Gasteiger partial charge in [-0.25, -0.2) is 19.3 Å². The Morgan fingerprint density at radius 3 is 2.27 bits per heavy atom. The van der Waals surface area contributed by atoms with Crippen LogP contribution in [0.15, 0.2) is 18.5 Å². The number of carbonyl (C=O) groups is 1. The van der Waals surface area contributed by atoms with Crippen LogP contribution < -0.4 is 15.8 Å². The summed E-state index contributed by atoms with van der Waals surface area (Å²) >= 11 is 0. The van der Waals surface area contributed by atoms with Gasteiger partial charge in [-0.05, 0) is 52.3 Å². The minimum absolute atomic E-state index is 0.158. The lowest BCUT2D eigenvalue weighted by molar-refractivity contribution is -0.154. The minimum Gasteiger partial charge on any atom is -0.466 e. The van der Waals surface area contributed by atoms with Crippen LogP contribution >= 0.6 is 0 Å². The van der Waals surface area contributed by atoms with Crippen molar-refractivity contribution in [3.8, 4) is 5.88 Å². The standard InChI is InChI=1S/C13H18F4N2O.C6H7N3O/c1-8-9(6-18-12(2,3)4)5-10(14)11(19-8)20-7-13(15,16)17;1-4-2-5(6(7)10)9-3-8-4/h5,18H,6-7H2,1-4H3;2-3H,1H3,(H2,7,10). The number of nitrogens with zero attached hydrogens (tertiary/aromatic N) is 3. The van der Waals surface area contributed by atoms with Crippen molar-refractivity contribution in [1.29, 1.82) is 0 Å². The van der Waals surface area contributed by atoms with Gasteiger partial charge < -0.3 is 15.8 Å². The number of rotatable bonds is 5. The Hall–Kier alpha value is -2.82. The number of pyridine rings is 1. The minimum atomic E-state index is -4.52. The summed E-state index contributed by atoms with van der Waals surface area (Å²) in [4.78, 5) is 21.7. The highest BCUT2D eigenvalue weighted by molar-refractivity contribution is 5.90. The molecule has 0 aromatic carbocycles. The van der Waals surface area contributed by atoms with Gasteiger partial charge >= 0.3 is 6.18 Å². The number of aryl methyl sites for hydroxylation is 2. The SMILES string of the molecule is Cc1cc(C(N)=O)ncn1.Cc1nc(OCC(F)(F)F)c(F)cc1CNC(C)(C)C. The van der Waals surface area contributed by atoms with Gasteiger partial charge in [0.05, 0.1) is 0 Å². The van der Waals surface area contributed by atoms with E-state index in [9.17, 15) is 22.4 Å². The van der Waals surface area contributed by atoms with Crippen molar-refractivity contribution in [3.63, 3.8) is 0 Å². The fraction of sp³-hybridized carbons (Fsp3) is 0.474. The maximum Gasteiger partial charge on any atom is 0.422 e. The van der Waals surface area contributed by atoms with Crippen molar-refractivity contribution in [1.82, 2.24) is 20.3 Å². The number of hydrogen-bond acceptors (Lipinski definition) is 6. The fourth-order valence-electron chi connectivity index (χ4n) is 1.98. The van der Waals surface area contributed by atoms with Gasteiger partial charge in [0, 0.05) is 23.5 Å². The lowest BCUT2D eigenvalue weighted by Crippen LogP contribution is -2.35. The smallest absolute Gasteiger partial charge is 0.422 e. The molecule has 2 aromatic heterocycles. The van der Waals surface area contributed by atoms with E-state index in [4.69, 9.17) is 5.73 Å². The third kappa shape index (κ3) is 9.59. The number of alkyl halides is 3. The molecule has 1 amide bonds. The average Bonchev–Trinajstić information content (AvgIpc) is 2.60. The first kappa shape index (κ1) is 25.2. The zero-order valence-electron chi connectivity index (χ0n) is 17.4. The molecule has 0 radical (unpaired) electrons. The topological polar surface area (TPSA) is 103 Å². The predicted molar refractivity (Wildman–Crippen MR) is 102 cm³/mol. The number of ether oxygens (including phenoxy) is 1. The molecule has 0 fully saturated rings. The van der Waals surface area contributed by atoms with Gasteiger partial charge in [0.25, 0.3) is 11.8 Å². The van der Waals surface area contributed by atoms with E-state index in [1.165, 1.54) is 6.33 Å². The molecule has 0 aliphatic rings. The maximum atomic E-state index is 13.6. The van der Waals surface area contributed by atoms with E-state index < -0.39 is 30.4 Å². The molecule has 0 saturated carbocycles. The van der Waals surface area contributed by atoms with E-state index in [1.54, 1.807) is 19.9 Å². The van der Waals surface area contributed by atoms with Gasteiger partial charge in [-0.15, -0.1) is 0 Å². The summed E-state index contributed by atoms with van der Waals surface area (Å²) in [5, 5.41) is 3.15. The summed E-state index contributed by atoms with van der Waals surface area (Å²) in [5.41, 5.74) is 6.80. The van der Waals surface area contributed by atoms with Crippen molar-refractivity contribution >= 4 is 5.91 Å². The first-order valence-corrected chi connectivity index (χ1v) is 8.87. The lowest BCUT2D eigenvalue weighted by Gasteiger charge is -2.21. The highest BCUT2D eigenvalue weighted by Gasteiger charge is 2.29. The van der Waals surface area contributed by atoms with Crippen LogP contribution in [0.25, 0.3) is 0 Å². The largest absolute Gasteiger partial charge is 0.466 e. The molecule has 0 aliphatic carbocycles. The zero-order chi connectivity index (χ0) is 23.1. The van der Waals surface area contributed by atoms with E-state index in [0.717, 1.165) is 11.8 Å². The molecule has 166 valence electrons. The van der Waals surface area contributed by atoms with E-state index in [0.29, 0.717) is 17.8 Å². The van der Waals surface area contributed by atoms with Gasteiger partial charge in [-0.2, -0.15) is 13.2 Å². The Labute approximate surface area is 172 Å². The fourth-order valence-corrected chi connectivity index (χ4v) is 1.98. The number of nitrogens with one attached hydrogen (secondary N) is 1. The Morgan fingerprint density at radius 2 is 1.80 bits per heavy atom. The van der Waals surface area contributed by atoms with E-state index in [2.05, 4.69) is 25.0 Å². The highest BCUT2D eigenvalue weighted by atomic mass is 19.4. The van der Waals surface area contributed by atoms with Gasteiger partial charge in [0.15, 0.2) is 12.4 Å². The summed E-state index contributed by atoms with van der Waals surface area (Å²) < 4.78 is 54.1.